The standard InChI is InChI=1S/C17H29N3O5S3/c1-17(2,3)26-12-11-18-16(21)13-20(27(6,22)23)14-7-9-15(10-8-14)28(24,25)19(4)5/h7-10H,11-13H2,1-6H3,(H,18,21). The molecular formula is C17H29N3O5S3. The zero-order valence-corrected chi connectivity index (χ0v) is 19.5. The van der Waals surface area contributed by atoms with E-state index >= 15 is 0 Å². The molecule has 0 aliphatic heterocycles. The van der Waals surface area contributed by atoms with E-state index < -0.39 is 26.0 Å². The van der Waals surface area contributed by atoms with E-state index in [1.807, 2.05) is 0 Å². The highest BCUT2D eigenvalue weighted by atomic mass is 32.2. The maximum absolute atomic E-state index is 12.2. The maximum atomic E-state index is 12.2. The molecule has 0 aliphatic carbocycles. The van der Waals surface area contributed by atoms with Crippen LogP contribution in [-0.2, 0) is 24.8 Å². The molecule has 0 saturated heterocycles. The number of carbonyl (C=O) groups excluding carboxylic acids is 1. The Kier molecular flexibility index (Phi) is 8.36. The van der Waals surface area contributed by atoms with Crippen LogP contribution in [0, 0.1) is 0 Å². The third kappa shape index (κ3) is 7.61. The Balaban J connectivity index is 2.89. The van der Waals surface area contributed by atoms with Crippen LogP contribution in [0.3, 0.4) is 0 Å². The van der Waals surface area contributed by atoms with Crippen molar-refractivity contribution in [3.8, 4) is 0 Å². The average Bonchev–Trinajstić information content (AvgIpc) is 2.54. The highest BCUT2D eigenvalue weighted by Crippen LogP contribution is 2.23. The van der Waals surface area contributed by atoms with Crippen molar-refractivity contribution in [1.29, 1.82) is 0 Å². The van der Waals surface area contributed by atoms with Crippen molar-refractivity contribution in [1.82, 2.24) is 9.62 Å². The molecule has 1 rings (SSSR count). The number of rotatable bonds is 9. The molecular weight excluding hydrogens is 422 g/mol. The fourth-order valence-corrected chi connectivity index (χ4v) is 4.70. The lowest BCUT2D eigenvalue weighted by molar-refractivity contribution is -0.119. The zero-order valence-electron chi connectivity index (χ0n) is 17.1. The predicted octanol–water partition coefficient (Wildman–Crippen LogP) is 1.35. The predicted molar refractivity (Wildman–Crippen MR) is 115 cm³/mol. The number of carbonyl (C=O) groups is 1. The molecule has 0 aliphatic rings. The lowest BCUT2D eigenvalue weighted by Crippen LogP contribution is -2.41. The van der Waals surface area contributed by atoms with Gasteiger partial charge in [-0.15, -0.1) is 0 Å². The van der Waals surface area contributed by atoms with Crippen LogP contribution in [0.4, 0.5) is 5.69 Å². The number of nitrogens with zero attached hydrogens (tertiary/aromatic N) is 2. The molecule has 11 heteroatoms. The van der Waals surface area contributed by atoms with Crippen molar-refractivity contribution in [2.45, 2.75) is 30.4 Å². The molecule has 0 spiro atoms. The van der Waals surface area contributed by atoms with Gasteiger partial charge in [0.15, 0.2) is 0 Å². The van der Waals surface area contributed by atoms with Gasteiger partial charge in [-0.05, 0) is 24.3 Å². The minimum Gasteiger partial charge on any atom is -0.354 e. The summed E-state index contributed by atoms with van der Waals surface area (Å²) in [6.07, 6.45) is 1.00. The minimum atomic E-state index is -3.72. The second-order valence-corrected chi connectivity index (χ2v) is 13.3. The fourth-order valence-electron chi connectivity index (χ4n) is 2.13. The summed E-state index contributed by atoms with van der Waals surface area (Å²) in [4.78, 5) is 12.2. The lowest BCUT2D eigenvalue weighted by atomic mass is 10.3. The molecule has 28 heavy (non-hydrogen) atoms. The quantitative estimate of drug-likeness (QED) is 0.569. The second kappa shape index (κ2) is 9.47. The van der Waals surface area contributed by atoms with E-state index in [9.17, 15) is 21.6 Å². The van der Waals surface area contributed by atoms with Crippen LogP contribution in [0.2, 0.25) is 0 Å². The van der Waals surface area contributed by atoms with Crippen LogP contribution >= 0.6 is 11.8 Å². The topological polar surface area (TPSA) is 104 Å². The monoisotopic (exact) mass is 451 g/mol. The van der Waals surface area contributed by atoms with Gasteiger partial charge in [0.2, 0.25) is 26.0 Å². The van der Waals surface area contributed by atoms with Gasteiger partial charge in [-0.3, -0.25) is 9.10 Å². The van der Waals surface area contributed by atoms with E-state index in [1.165, 1.54) is 38.4 Å². The van der Waals surface area contributed by atoms with E-state index in [-0.39, 0.29) is 21.9 Å². The first kappa shape index (κ1) is 24.7. The van der Waals surface area contributed by atoms with Crippen molar-refractivity contribution in [3.05, 3.63) is 24.3 Å². The summed E-state index contributed by atoms with van der Waals surface area (Å²) in [6.45, 7) is 6.28. The van der Waals surface area contributed by atoms with Crippen molar-refractivity contribution in [2.75, 3.05) is 43.5 Å². The SMILES string of the molecule is CN(C)S(=O)(=O)c1ccc(N(CC(=O)NCCSC(C)(C)C)S(C)(=O)=O)cc1. The molecule has 1 amide bonds. The maximum Gasteiger partial charge on any atom is 0.242 e. The van der Waals surface area contributed by atoms with Gasteiger partial charge in [0.1, 0.15) is 6.54 Å². The molecule has 0 bridgehead atoms. The van der Waals surface area contributed by atoms with Crippen LogP contribution < -0.4 is 9.62 Å². The Morgan fingerprint density at radius 2 is 1.61 bits per heavy atom. The molecule has 0 heterocycles. The van der Waals surface area contributed by atoms with Crippen molar-refractivity contribution >= 4 is 43.4 Å². The minimum absolute atomic E-state index is 0.0401. The third-order valence-electron chi connectivity index (χ3n) is 3.55. The summed E-state index contributed by atoms with van der Waals surface area (Å²) in [5.41, 5.74) is 0.222. The largest absolute Gasteiger partial charge is 0.354 e. The highest BCUT2D eigenvalue weighted by Gasteiger charge is 2.23. The normalized spacial score (nSPS) is 12.8. The summed E-state index contributed by atoms with van der Waals surface area (Å²) in [7, 11) is -4.52. The summed E-state index contributed by atoms with van der Waals surface area (Å²) < 4.78 is 50.6. The average molecular weight is 452 g/mol. The summed E-state index contributed by atoms with van der Waals surface area (Å²) in [6, 6.07) is 5.39. The molecule has 0 unspecified atom stereocenters. The highest BCUT2D eigenvalue weighted by molar-refractivity contribution is 8.00. The van der Waals surface area contributed by atoms with E-state index in [1.54, 1.807) is 11.8 Å². The number of hydrogen-bond acceptors (Lipinski definition) is 6. The van der Waals surface area contributed by atoms with Gasteiger partial charge >= 0.3 is 0 Å². The molecule has 1 aromatic rings. The Hall–Kier alpha value is -1.30. The van der Waals surface area contributed by atoms with Gasteiger partial charge < -0.3 is 5.32 Å². The first-order valence-corrected chi connectivity index (χ1v) is 12.8. The first-order valence-electron chi connectivity index (χ1n) is 8.55. The number of anilines is 1. The number of thioether (sulfide) groups is 1. The molecule has 1 aromatic carbocycles. The van der Waals surface area contributed by atoms with Gasteiger partial charge in [-0.25, -0.2) is 21.1 Å². The van der Waals surface area contributed by atoms with Gasteiger partial charge in [-0.2, -0.15) is 11.8 Å². The van der Waals surface area contributed by atoms with Crippen LogP contribution in [0.1, 0.15) is 20.8 Å². The van der Waals surface area contributed by atoms with Gasteiger partial charge in [0.25, 0.3) is 0 Å². The molecule has 160 valence electrons. The summed E-state index contributed by atoms with van der Waals surface area (Å²) in [5, 5.41) is 2.71. The number of amides is 1. The third-order valence-corrected chi connectivity index (χ3v) is 7.79. The van der Waals surface area contributed by atoms with Crippen LogP contribution in [-0.4, -0.2) is 71.0 Å². The lowest BCUT2D eigenvalue weighted by Gasteiger charge is -2.22. The van der Waals surface area contributed by atoms with Gasteiger partial charge in [-0.1, -0.05) is 20.8 Å². The summed E-state index contributed by atoms with van der Waals surface area (Å²) >= 11 is 1.70. The molecule has 0 aromatic heterocycles. The smallest absolute Gasteiger partial charge is 0.242 e. The van der Waals surface area contributed by atoms with Gasteiger partial charge in [0.05, 0.1) is 16.8 Å². The van der Waals surface area contributed by atoms with Crippen LogP contribution in [0.25, 0.3) is 0 Å². The Morgan fingerprint density at radius 3 is 2.04 bits per heavy atom. The molecule has 0 radical (unpaired) electrons. The van der Waals surface area contributed by atoms with Crippen molar-refractivity contribution < 1.29 is 21.6 Å². The van der Waals surface area contributed by atoms with E-state index in [0.717, 1.165) is 14.9 Å². The molecule has 8 nitrogen and oxygen atoms in total. The van der Waals surface area contributed by atoms with E-state index in [4.69, 9.17) is 0 Å². The number of sulfonamides is 2. The van der Waals surface area contributed by atoms with Crippen molar-refractivity contribution in [2.24, 2.45) is 0 Å². The Bertz CT molecular complexity index is 874. The van der Waals surface area contributed by atoms with Crippen molar-refractivity contribution in [3.63, 3.8) is 0 Å². The Labute approximate surface area is 172 Å². The number of benzene rings is 1. The number of nitrogens with one attached hydrogen (secondary N) is 1. The molecule has 0 atom stereocenters. The molecule has 0 saturated carbocycles. The zero-order chi connectivity index (χ0) is 21.8. The number of hydrogen-bond donors (Lipinski definition) is 1. The molecule has 1 N–H and O–H groups in total. The van der Waals surface area contributed by atoms with E-state index in [2.05, 4.69) is 26.1 Å². The molecule has 0 fully saturated rings. The summed E-state index contributed by atoms with van der Waals surface area (Å²) in [5.74, 6) is 0.288. The van der Waals surface area contributed by atoms with Gasteiger partial charge in [0, 0.05) is 31.1 Å². The van der Waals surface area contributed by atoms with Crippen LogP contribution in [0.15, 0.2) is 29.2 Å². The first-order chi connectivity index (χ1) is 12.6. The van der Waals surface area contributed by atoms with E-state index in [0.29, 0.717) is 12.3 Å². The Morgan fingerprint density at radius 1 is 1.07 bits per heavy atom. The second-order valence-electron chi connectivity index (χ2n) is 7.36. The van der Waals surface area contributed by atoms with Crippen LogP contribution in [0.5, 0.6) is 0 Å². The fraction of sp³-hybridized carbons (Fsp3) is 0.588.